The van der Waals surface area contributed by atoms with Gasteiger partial charge in [-0.25, -0.2) is 28.2 Å². The number of rotatable bonds is 11. The summed E-state index contributed by atoms with van der Waals surface area (Å²) in [6.07, 6.45) is -0.722. The maximum Gasteiger partial charge on any atom is 0.412 e. The number of hydrogen-bond acceptors (Lipinski definition) is 13. The van der Waals surface area contributed by atoms with Gasteiger partial charge in [0, 0.05) is 60.5 Å². The fourth-order valence-electron chi connectivity index (χ4n) is 9.86. The summed E-state index contributed by atoms with van der Waals surface area (Å²) in [7, 11) is -4.23. The van der Waals surface area contributed by atoms with Gasteiger partial charge in [-0.1, -0.05) is 26.0 Å². The highest BCUT2D eigenvalue weighted by molar-refractivity contribution is 7.91. The van der Waals surface area contributed by atoms with Crippen molar-refractivity contribution in [2.45, 2.75) is 145 Å². The molecule has 3 aliphatic heterocycles. The Bertz CT molecular complexity index is 2540. The second-order valence-corrected chi connectivity index (χ2v) is 22.7. The number of carbonyl (C=O) groups is 4. The maximum absolute atomic E-state index is 16.1. The molecule has 8 rings (SSSR count). The van der Waals surface area contributed by atoms with E-state index in [9.17, 15) is 27.9 Å². The number of ether oxygens (including phenoxy) is 3. The zero-order chi connectivity index (χ0) is 49.6. The minimum atomic E-state index is -5.28. The van der Waals surface area contributed by atoms with Crippen molar-refractivity contribution in [2.75, 3.05) is 13.2 Å². The van der Waals surface area contributed by atoms with Gasteiger partial charge in [0.1, 0.15) is 40.2 Å². The lowest BCUT2D eigenvalue weighted by molar-refractivity contribution is -0.200. The molecule has 2 saturated heterocycles. The third-order valence-corrected chi connectivity index (χ3v) is 16.8. The summed E-state index contributed by atoms with van der Waals surface area (Å²) >= 11 is 1.22. The molecule has 69 heavy (non-hydrogen) atoms. The molecular weight excluding hydrogens is 944 g/mol. The molecule has 0 aromatic carbocycles. The zero-order valence-electron chi connectivity index (χ0n) is 39.0. The van der Waals surface area contributed by atoms with E-state index < -0.39 is 98.8 Å². The van der Waals surface area contributed by atoms with Gasteiger partial charge in [-0.3, -0.25) is 24.0 Å². The molecule has 4 fully saturated rings. The fourth-order valence-corrected chi connectivity index (χ4v) is 11.8. The van der Waals surface area contributed by atoms with Crippen LogP contribution < -0.4 is 19.5 Å². The lowest BCUT2D eigenvalue weighted by Crippen LogP contribution is -2.64. The van der Waals surface area contributed by atoms with Crippen LogP contribution in [0.15, 0.2) is 54.2 Å². The Morgan fingerprint density at radius 2 is 1.86 bits per heavy atom. The number of allylic oxidation sites excluding steroid dienone is 1. The number of halogens is 3. The van der Waals surface area contributed by atoms with Gasteiger partial charge in [0.05, 0.1) is 29.2 Å². The number of carbonyl (C=O) groups excluding carboxylic acids is 3. The minimum absolute atomic E-state index is 0.0704. The average molecular weight is 1000 g/mol. The van der Waals surface area contributed by atoms with Gasteiger partial charge in [0.15, 0.2) is 6.04 Å². The van der Waals surface area contributed by atoms with Crippen LogP contribution in [0.4, 0.5) is 18.0 Å². The van der Waals surface area contributed by atoms with Crippen LogP contribution in [-0.2, 0) is 29.1 Å². The number of nitrogens with one attached hydrogen (secondary N) is 2. The molecule has 6 heterocycles. The average Bonchev–Trinajstić information content (AvgIpc) is 4.05. The van der Waals surface area contributed by atoms with E-state index >= 15 is 18.0 Å². The van der Waals surface area contributed by atoms with E-state index in [1.165, 1.54) is 42.8 Å². The van der Waals surface area contributed by atoms with Crippen molar-refractivity contribution in [3.05, 3.63) is 54.2 Å². The molecule has 5 aliphatic rings. The summed E-state index contributed by atoms with van der Waals surface area (Å²) in [6, 6.07) is -1.33. The van der Waals surface area contributed by atoms with Gasteiger partial charge in [-0.15, -0.1) is 11.3 Å². The Labute approximate surface area is 402 Å². The largest absolute Gasteiger partial charge is 0.488 e. The summed E-state index contributed by atoms with van der Waals surface area (Å²) in [4.78, 5) is 72.8. The number of amides is 4. The molecule has 22 heteroatoms. The third-order valence-electron chi connectivity index (χ3n) is 13.9. The standard InChI is InChI=1S/C47H58F3N7O10S2/c1-26(2)66-37-13-12-29(24-52-37)33-20-32(21-34(53-33)41-51-16-18-68-41)67-36-22-35-40(58)54-46(43(60)55-69(63,64)45(5)14-15-45)23-30(46)10-7-6-9-27(3)19-28(4)38(42(59)57(35)39(36)47(48,49)50)56(44(61)62)31-11-8-17-65-25-31/h7,10,12-13,16,18,20-21,24,26-28,30-31,35-36,38-39H,6,8-9,11,14-15,17,19,22-23,25H2,1-5H3,(H,54,58)(H,55,60)(H,61,62)/b10-7-/t27-,28-,30-,31?,35+,36-,38+,39?,46-/m1/s1. The Kier molecular flexibility index (Phi) is 14.1. The second-order valence-electron chi connectivity index (χ2n) is 19.6. The molecule has 3 N–H and O–H groups in total. The summed E-state index contributed by atoms with van der Waals surface area (Å²) in [5.41, 5.74) is -0.950. The predicted molar refractivity (Wildman–Crippen MR) is 246 cm³/mol. The highest BCUT2D eigenvalue weighted by Gasteiger charge is 2.66. The molecule has 3 aromatic heterocycles. The summed E-state index contributed by atoms with van der Waals surface area (Å²) in [5, 5.41) is 15.6. The van der Waals surface area contributed by atoms with Crippen LogP contribution in [0.3, 0.4) is 0 Å². The molecule has 17 nitrogen and oxygen atoms in total. The predicted octanol–water partition coefficient (Wildman–Crippen LogP) is 6.75. The second kappa shape index (κ2) is 19.4. The number of alkyl halides is 3. The van der Waals surface area contributed by atoms with Gasteiger partial charge in [0.25, 0.3) is 5.91 Å². The van der Waals surface area contributed by atoms with Crippen LogP contribution in [0, 0.1) is 17.8 Å². The van der Waals surface area contributed by atoms with Gasteiger partial charge >= 0.3 is 12.3 Å². The first kappa shape index (κ1) is 50.1. The van der Waals surface area contributed by atoms with Gasteiger partial charge in [0.2, 0.25) is 27.7 Å². The molecule has 0 bridgehead atoms. The van der Waals surface area contributed by atoms with Crippen molar-refractivity contribution in [1.82, 2.24) is 34.8 Å². The molecule has 4 amide bonds. The third kappa shape index (κ3) is 10.6. The molecule has 2 saturated carbocycles. The first-order valence-electron chi connectivity index (χ1n) is 23.4. The summed E-state index contributed by atoms with van der Waals surface area (Å²) < 4.78 is 93.8. The topological polar surface area (TPSA) is 220 Å². The smallest absolute Gasteiger partial charge is 0.412 e. The minimum Gasteiger partial charge on any atom is -0.488 e. The van der Waals surface area contributed by atoms with E-state index in [1.807, 2.05) is 26.8 Å². The van der Waals surface area contributed by atoms with Gasteiger partial charge < -0.3 is 29.5 Å². The van der Waals surface area contributed by atoms with Gasteiger partial charge in [-0.2, -0.15) is 13.2 Å². The van der Waals surface area contributed by atoms with E-state index in [1.54, 1.807) is 30.5 Å². The number of carboxylic acid groups (broad SMARTS) is 1. The number of aromatic nitrogens is 3. The van der Waals surface area contributed by atoms with Gasteiger partial charge in [-0.05, 0) is 90.0 Å². The fraction of sp³-hybridized carbons (Fsp3) is 0.596. The highest BCUT2D eigenvalue weighted by Crippen LogP contribution is 2.49. The quantitative estimate of drug-likeness (QED) is 0.170. The van der Waals surface area contributed by atoms with Crippen molar-refractivity contribution in [2.24, 2.45) is 17.8 Å². The number of pyridine rings is 2. The van der Waals surface area contributed by atoms with Crippen LogP contribution in [0.1, 0.15) is 92.4 Å². The van der Waals surface area contributed by atoms with Crippen LogP contribution in [0.5, 0.6) is 11.6 Å². The lowest BCUT2D eigenvalue weighted by atomic mass is 9.86. The number of fused-ring (bicyclic) bond motifs is 2. The molecule has 0 spiro atoms. The molecular formula is C47H58F3N7O10S2. The molecule has 0 radical (unpaired) electrons. The van der Waals surface area contributed by atoms with Crippen molar-refractivity contribution in [3.8, 4) is 33.6 Å². The van der Waals surface area contributed by atoms with E-state index in [0.29, 0.717) is 60.1 Å². The zero-order valence-corrected chi connectivity index (χ0v) is 40.6. The number of hydrogen-bond donors (Lipinski definition) is 3. The van der Waals surface area contributed by atoms with E-state index in [-0.39, 0.29) is 55.0 Å². The van der Waals surface area contributed by atoms with Crippen LogP contribution >= 0.6 is 11.3 Å². The van der Waals surface area contributed by atoms with Crippen LogP contribution in [-0.4, -0.2) is 128 Å². The Balaban J connectivity index is 1.24. The Hall–Kier alpha value is -5.35. The number of nitrogens with zero attached hydrogens (tertiary/aromatic N) is 5. The van der Waals surface area contributed by atoms with E-state index in [4.69, 9.17) is 19.2 Å². The van der Waals surface area contributed by atoms with Crippen molar-refractivity contribution in [3.63, 3.8) is 0 Å². The first-order chi connectivity index (χ1) is 32.6. The molecule has 2 aliphatic carbocycles. The first-order valence-corrected chi connectivity index (χ1v) is 25.7. The Morgan fingerprint density at radius 3 is 2.48 bits per heavy atom. The van der Waals surface area contributed by atoms with Crippen molar-refractivity contribution in [1.29, 1.82) is 0 Å². The lowest BCUT2D eigenvalue weighted by Gasteiger charge is -2.43. The number of thiazole rings is 1. The normalized spacial score (nSPS) is 29.9. The highest BCUT2D eigenvalue weighted by atomic mass is 32.2. The molecule has 374 valence electrons. The summed E-state index contributed by atoms with van der Waals surface area (Å²) in [6.45, 7) is 8.92. The van der Waals surface area contributed by atoms with E-state index in [2.05, 4.69) is 20.0 Å². The van der Waals surface area contributed by atoms with Crippen LogP contribution in [0.25, 0.3) is 22.0 Å². The van der Waals surface area contributed by atoms with Crippen molar-refractivity contribution >= 4 is 45.2 Å². The summed E-state index contributed by atoms with van der Waals surface area (Å²) in [5.74, 6) is -5.03. The van der Waals surface area contributed by atoms with Crippen molar-refractivity contribution < 1.29 is 60.1 Å². The van der Waals surface area contributed by atoms with E-state index in [0.717, 1.165) is 4.90 Å². The molecule has 3 aromatic rings. The Morgan fingerprint density at radius 1 is 1.10 bits per heavy atom. The number of sulfonamides is 1. The SMILES string of the molecule is CC(C)Oc1ccc(-c2cc(O[C@@H]3C[C@H]4C(=O)N[C@]5(C(=O)NS(=O)(=O)C6(C)CC6)C[C@H]5/C=C\CC[C@@H](C)C[C@@H](C)[C@H](N(C(=O)O)C5CCCOC5)C(=O)N4C3C(F)(F)F)cc(-c3nccs3)n2)cn1. The molecule has 9 atom stereocenters. The monoisotopic (exact) mass is 1000 g/mol. The maximum atomic E-state index is 16.1. The van der Waals surface area contributed by atoms with Crippen LogP contribution in [0.2, 0.25) is 0 Å². The molecule has 2 unspecified atom stereocenters.